The number of carbonyl (C=O) groups is 1. The molecule has 0 bridgehead atoms. The molecule has 3 rings (SSSR count). The zero-order chi connectivity index (χ0) is 18.0. The maximum atomic E-state index is 12.2. The van der Waals surface area contributed by atoms with Crippen molar-refractivity contribution in [2.24, 2.45) is 0 Å². The number of nitrogens with zero attached hydrogens (tertiary/aromatic N) is 1. The SMILES string of the molecule is Cc1ccccc1NC(=O)CSCc1nc2sc(C)c(C)c2c(=O)[nH]1. The van der Waals surface area contributed by atoms with Crippen molar-refractivity contribution in [2.75, 3.05) is 11.1 Å². The molecule has 2 heterocycles. The van der Waals surface area contributed by atoms with Crippen molar-refractivity contribution in [1.29, 1.82) is 0 Å². The van der Waals surface area contributed by atoms with Crippen LogP contribution in [0.3, 0.4) is 0 Å². The average Bonchev–Trinajstić information content (AvgIpc) is 2.84. The third-order valence-electron chi connectivity index (χ3n) is 3.98. The number of aryl methyl sites for hydroxylation is 3. The van der Waals surface area contributed by atoms with E-state index < -0.39 is 0 Å². The number of thioether (sulfide) groups is 1. The second-order valence-corrected chi connectivity index (χ2v) is 8.02. The number of hydrogen-bond acceptors (Lipinski definition) is 5. The van der Waals surface area contributed by atoms with E-state index in [9.17, 15) is 9.59 Å². The number of hydrogen-bond donors (Lipinski definition) is 2. The second kappa shape index (κ2) is 7.41. The first-order chi connectivity index (χ1) is 12.0. The molecule has 0 spiro atoms. The number of aromatic nitrogens is 2. The maximum Gasteiger partial charge on any atom is 0.259 e. The van der Waals surface area contributed by atoms with Gasteiger partial charge in [0.2, 0.25) is 5.91 Å². The van der Waals surface area contributed by atoms with Crippen LogP contribution in [0.2, 0.25) is 0 Å². The van der Waals surface area contributed by atoms with Gasteiger partial charge in [-0.2, -0.15) is 0 Å². The van der Waals surface area contributed by atoms with Gasteiger partial charge in [0.15, 0.2) is 0 Å². The zero-order valence-corrected chi connectivity index (χ0v) is 15.9. The monoisotopic (exact) mass is 373 g/mol. The number of amides is 1. The smallest absolute Gasteiger partial charge is 0.259 e. The number of nitrogens with one attached hydrogen (secondary N) is 2. The summed E-state index contributed by atoms with van der Waals surface area (Å²) in [5.41, 5.74) is 2.74. The number of anilines is 1. The molecule has 0 aliphatic carbocycles. The molecule has 3 aromatic rings. The van der Waals surface area contributed by atoms with E-state index in [0.717, 1.165) is 26.5 Å². The summed E-state index contributed by atoms with van der Waals surface area (Å²) in [6.07, 6.45) is 0. The second-order valence-electron chi connectivity index (χ2n) is 5.83. The Morgan fingerprint density at radius 3 is 2.80 bits per heavy atom. The molecule has 0 radical (unpaired) electrons. The highest BCUT2D eigenvalue weighted by Gasteiger charge is 2.12. The molecule has 130 valence electrons. The molecule has 0 fully saturated rings. The number of H-pyrrole nitrogens is 1. The zero-order valence-electron chi connectivity index (χ0n) is 14.3. The lowest BCUT2D eigenvalue weighted by Crippen LogP contribution is -2.15. The van der Waals surface area contributed by atoms with Gasteiger partial charge >= 0.3 is 0 Å². The first-order valence-electron chi connectivity index (χ1n) is 7.88. The molecule has 5 nitrogen and oxygen atoms in total. The fourth-order valence-corrected chi connectivity index (χ4v) is 4.25. The van der Waals surface area contributed by atoms with Gasteiger partial charge in [-0.1, -0.05) is 18.2 Å². The summed E-state index contributed by atoms with van der Waals surface area (Å²) in [5, 5.41) is 3.57. The first kappa shape index (κ1) is 17.7. The largest absolute Gasteiger partial charge is 0.325 e. The van der Waals surface area contributed by atoms with Crippen LogP contribution in [-0.2, 0) is 10.5 Å². The summed E-state index contributed by atoms with van der Waals surface area (Å²) in [4.78, 5) is 33.5. The van der Waals surface area contributed by atoms with Crippen molar-refractivity contribution in [2.45, 2.75) is 26.5 Å². The Hall–Kier alpha value is -2.12. The van der Waals surface area contributed by atoms with Gasteiger partial charge in [-0.15, -0.1) is 23.1 Å². The number of fused-ring (bicyclic) bond motifs is 1. The number of para-hydroxylation sites is 1. The van der Waals surface area contributed by atoms with E-state index in [1.807, 2.05) is 45.0 Å². The van der Waals surface area contributed by atoms with E-state index in [1.165, 1.54) is 23.1 Å². The molecule has 0 aliphatic rings. The molecule has 2 aromatic heterocycles. The fraction of sp³-hybridized carbons (Fsp3) is 0.278. The van der Waals surface area contributed by atoms with E-state index in [4.69, 9.17) is 0 Å². The van der Waals surface area contributed by atoms with Crippen molar-refractivity contribution in [1.82, 2.24) is 9.97 Å². The Morgan fingerprint density at radius 1 is 1.28 bits per heavy atom. The summed E-state index contributed by atoms with van der Waals surface area (Å²) in [6.45, 7) is 5.89. The summed E-state index contributed by atoms with van der Waals surface area (Å²) in [6, 6.07) is 7.67. The van der Waals surface area contributed by atoms with Crippen LogP contribution in [0.15, 0.2) is 29.1 Å². The van der Waals surface area contributed by atoms with Gasteiger partial charge in [0, 0.05) is 10.6 Å². The third-order valence-corrected chi connectivity index (χ3v) is 6.02. The highest BCUT2D eigenvalue weighted by atomic mass is 32.2. The van der Waals surface area contributed by atoms with Crippen molar-refractivity contribution in [3.8, 4) is 0 Å². The highest BCUT2D eigenvalue weighted by Crippen LogP contribution is 2.26. The number of aromatic amines is 1. The molecule has 7 heteroatoms. The lowest BCUT2D eigenvalue weighted by molar-refractivity contribution is -0.113. The van der Waals surface area contributed by atoms with Gasteiger partial charge < -0.3 is 10.3 Å². The Labute approximate surface area is 153 Å². The molecule has 0 unspecified atom stereocenters. The summed E-state index contributed by atoms with van der Waals surface area (Å²) in [7, 11) is 0. The van der Waals surface area contributed by atoms with E-state index >= 15 is 0 Å². The lowest BCUT2D eigenvalue weighted by atomic mass is 10.2. The minimum absolute atomic E-state index is 0.0643. The molecule has 2 N–H and O–H groups in total. The van der Waals surface area contributed by atoms with Crippen molar-refractivity contribution in [3.05, 3.63) is 56.4 Å². The summed E-state index contributed by atoms with van der Waals surface area (Å²) >= 11 is 2.96. The van der Waals surface area contributed by atoms with Crippen molar-refractivity contribution in [3.63, 3.8) is 0 Å². The van der Waals surface area contributed by atoms with E-state index in [2.05, 4.69) is 15.3 Å². The van der Waals surface area contributed by atoms with E-state index in [1.54, 1.807) is 0 Å². The Balaban J connectivity index is 1.62. The molecular formula is C18H19N3O2S2. The van der Waals surface area contributed by atoms with E-state index in [0.29, 0.717) is 22.7 Å². The van der Waals surface area contributed by atoms with Crippen molar-refractivity contribution >= 4 is 44.9 Å². The number of thiophene rings is 1. The van der Waals surface area contributed by atoms with Crippen LogP contribution in [0.25, 0.3) is 10.2 Å². The molecule has 1 amide bonds. The van der Waals surface area contributed by atoms with Crippen LogP contribution in [0.5, 0.6) is 0 Å². The number of carbonyl (C=O) groups excluding carboxylic acids is 1. The topological polar surface area (TPSA) is 74.8 Å². The number of benzene rings is 1. The van der Waals surface area contributed by atoms with Gasteiger partial charge in [0.05, 0.1) is 16.9 Å². The quantitative estimate of drug-likeness (QED) is 0.714. The number of rotatable bonds is 5. The minimum atomic E-state index is -0.105. The molecule has 0 saturated carbocycles. The molecule has 1 aromatic carbocycles. The van der Waals surface area contributed by atoms with Gasteiger partial charge in [0.1, 0.15) is 10.7 Å². The normalized spacial score (nSPS) is 11.0. The standard InChI is InChI=1S/C18H19N3O2S2/c1-10-6-4-5-7-13(10)19-15(22)9-24-8-14-20-17(23)16-11(2)12(3)25-18(16)21-14/h4-7H,8-9H2,1-3H3,(H,19,22)(H,20,21,23). The van der Waals surface area contributed by atoms with Crippen LogP contribution in [0.4, 0.5) is 5.69 Å². The van der Waals surface area contributed by atoms with Gasteiger partial charge in [-0.3, -0.25) is 9.59 Å². The Morgan fingerprint density at radius 2 is 2.04 bits per heavy atom. The average molecular weight is 374 g/mol. The Kier molecular flexibility index (Phi) is 5.24. The van der Waals surface area contributed by atoms with E-state index in [-0.39, 0.29) is 11.5 Å². The van der Waals surface area contributed by atoms with Gasteiger partial charge in [-0.25, -0.2) is 4.98 Å². The van der Waals surface area contributed by atoms with Crippen molar-refractivity contribution < 1.29 is 4.79 Å². The molecule has 0 aliphatic heterocycles. The summed E-state index contributed by atoms with van der Waals surface area (Å²) < 4.78 is 0. The van der Waals surface area contributed by atoms with Gasteiger partial charge in [-0.05, 0) is 38.0 Å². The maximum absolute atomic E-state index is 12.2. The lowest BCUT2D eigenvalue weighted by Gasteiger charge is -2.07. The van der Waals surface area contributed by atoms with Crippen LogP contribution >= 0.6 is 23.1 Å². The predicted molar refractivity (Wildman–Crippen MR) is 106 cm³/mol. The van der Waals surface area contributed by atoms with Gasteiger partial charge in [0.25, 0.3) is 5.56 Å². The summed E-state index contributed by atoms with van der Waals surface area (Å²) in [5.74, 6) is 1.33. The van der Waals surface area contributed by atoms with Crippen LogP contribution in [0.1, 0.15) is 21.8 Å². The van der Waals surface area contributed by atoms with Crippen LogP contribution in [-0.4, -0.2) is 21.6 Å². The molecule has 0 atom stereocenters. The third kappa shape index (κ3) is 3.93. The predicted octanol–water partition coefficient (Wildman–Crippen LogP) is 3.78. The molecular weight excluding hydrogens is 354 g/mol. The first-order valence-corrected chi connectivity index (χ1v) is 9.85. The minimum Gasteiger partial charge on any atom is -0.325 e. The molecule has 0 saturated heterocycles. The highest BCUT2D eigenvalue weighted by molar-refractivity contribution is 7.99. The molecule has 25 heavy (non-hydrogen) atoms. The fourth-order valence-electron chi connectivity index (χ4n) is 2.51. The van der Waals surface area contributed by atoms with Crippen LogP contribution in [0, 0.1) is 20.8 Å². The Bertz CT molecular complexity index is 992. The van der Waals surface area contributed by atoms with Crippen LogP contribution < -0.4 is 10.9 Å².